The average Bonchev–Trinajstić information content (AvgIpc) is 1.79. The van der Waals surface area contributed by atoms with Crippen LogP contribution in [0.25, 0.3) is 0 Å². The van der Waals surface area contributed by atoms with Crippen LogP contribution < -0.4 is 62.9 Å². The van der Waals surface area contributed by atoms with E-state index < -0.39 is 19.9 Å². The van der Waals surface area contributed by atoms with E-state index in [0.29, 0.717) is 0 Å². The minimum Gasteiger partial charge on any atom is -1.00 e. The molecule has 0 fully saturated rings. The van der Waals surface area contributed by atoms with Crippen LogP contribution in [0.2, 0.25) is 0 Å². The van der Waals surface area contributed by atoms with E-state index in [1.807, 2.05) is 0 Å². The molecule has 0 rings (SSSR count). The smallest absolute Gasteiger partial charge is 1.00 e. The number of carbonyl (C=O) groups is 1. The molecular weight excluding hydrogens is 232 g/mol. The Morgan fingerprint density at radius 3 is 2.23 bits per heavy atom. The molecule has 0 aromatic rings. The Bertz CT molecular complexity index is 249. The van der Waals surface area contributed by atoms with Crippen LogP contribution in [0.3, 0.4) is 0 Å². The fourth-order valence-corrected chi connectivity index (χ4v) is 0.431. The van der Waals surface area contributed by atoms with E-state index >= 15 is 0 Å². The zero-order valence-corrected chi connectivity index (χ0v) is 10.6. The molecule has 0 saturated heterocycles. The van der Waals surface area contributed by atoms with Gasteiger partial charge < -0.3 is 17.4 Å². The van der Waals surface area contributed by atoms with Crippen LogP contribution >= 0.6 is 7.82 Å². The summed E-state index contributed by atoms with van der Waals surface area (Å²) < 4.78 is 13.3. The second kappa shape index (κ2) is 6.73. The molecule has 0 aliphatic carbocycles. The topological polar surface area (TPSA) is 157 Å². The van der Waals surface area contributed by atoms with Gasteiger partial charge in [0.25, 0.3) is 0 Å². The van der Waals surface area contributed by atoms with E-state index in [9.17, 15) is 9.36 Å². The molecule has 0 aromatic carbocycles. The van der Waals surface area contributed by atoms with Gasteiger partial charge >= 0.3 is 65.4 Å². The maximum atomic E-state index is 10.2. The second-order valence-corrected chi connectivity index (χ2v) is 2.60. The third kappa shape index (κ3) is 12.3. The average molecular weight is 239 g/mol. The molecule has 0 aromatic heterocycles. The van der Waals surface area contributed by atoms with Gasteiger partial charge in [0, 0.05) is 0 Å². The fraction of sp³-hybridized carbons (Fsp3) is 0. The van der Waals surface area contributed by atoms with Crippen LogP contribution in [0.1, 0.15) is 1.43 Å². The molecule has 0 atom stereocenters. The van der Waals surface area contributed by atoms with E-state index in [0.717, 1.165) is 0 Å². The fourth-order valence-electron chi connectivity index (χ4n) is 0.204. The van der Waals surface area contributed by atoms with Crippen molar-refractivity contribution in [3.05, 3.63) is 0 Å². The quantitative estimate of drug-likeness (QED) is 0.0937. The van der Waals surface area contributed by atoms with Crippen LogP contribution in [0, 0.1) is 0 Å². The number of phosphoric acid groups is 1. The van der Waals surface area contributed by atoms with Crippen molar-refractivity contribution in [2.24, 2.45) is 16.6 Å². The molecule has 13 heavy (non-hydrogen) atoms. The van der Waals surface area contributed by atoms with Crippen LogP contribution in [-0.4, -0.2) is 21.9 Å². The Morgan fingerprint density at radius 1 is 1.46 bits per heavy atom. The molecule has 0 radical (unpaired) electrons. The first-order valence-electron chi connectivity index (χ1n) is 2.36. The summed E-state index contributed by atoms with van der Waals surface area (Å²) in [7, 11) is -4.91. The Hall–Kier alpha value is 0.326. The number of rotatable bonds is 2. The summed E-state index contributed by atoms with van der Waals surface area (Å²) in [5, 5.41) is 2.66. The second-order valence-electron chi connectivity index (χ2n) is 1.44. The molecule has 0 unspecified atom stereocenters. The van der Waals surface area contributed by atoms with Crippen molar-refractivity contribution < 1.29 is 81.3 Å². The van der Waals surface area contributed by atoms with E-state index in [2.05, 4.69) is 14.5 Å². The number of guanidine groups is 1. The Balaban J connectivity index is -0.000000605. The molecule has 0 heterocycles. The molecule has 0 aliphatic rings. The first-order chi connectivity index (χ1) is 5.31. The first-order valence-corrected chi connectivity index (χ1v) is 3.89. The SMILES string of the molecule is NC(N)=NOC(=O)OP(=O)(O)O.[H-].[K+]. The zero-order valence-electron chi connectivity index (χ0n) is 7.58. The summed E-state index contributed by atoms with van der Waals surface area (Å²) in [5.74, 6) is -0.585. The van der Waals surface area contributed by atoms with Gasteiger partial charge in [-0.2, -0.15) is 0 Å². The Kier molecular flexibility index (Phi) is 8.17. The molecule has 0 aliphatic heterocycles. The molecule has 11 heteroatoms. The number of phosphoric ester groups is 1. The molecular formula is C2H7KN3O6P. The largest absolute Gasteiger partial charge is 1.00 e. The monoisotopic (exact) mass is 239 g/mol. The van der Waals surface area contributed by atoms with Crippen molar-refractivity contribution in [3.63, 3.8) is 0 Å². The van der Waals surface area contributed by atoms with E-state index in [1.165, 1.54) is 0 Å². The van der Waals surface area contributed by atoms with E-state index in [4.69, 9.17) is 21.3 Å². The summed E-state index contributed by atoms with van der Waals surface area (Å²) in [5.41, 5.74) is 9.41. The summed E-state index contributed by atoms with van der Waals surface area (Å²) >= 11 is 0. The molecule has 9 nitrogen and oxygen atoms in total. The predicted molar refractivity (Wildman–Crippen MR) is 36.5 cm³/mol. The summed E-state index contributed by atoms with van der Waals surface area (Å²) in [4.78, 5) is 29.9. The number of hydrogen-bond donors (Lipinski definition) is 4. The van der Waals surface area contributed by atoms with Crippen molar-refractivity contribution in [1.29, 1.82) is 0 Å². The number of nitrogens with two attached hydrogens (primary N) is 2. The standard InChI is InChI=1S/C2H6N3O6P.K.H/c3-1(4)5-10-2(6)11-12(7,8)9;;/h(H4,3,4,5)(H2,7,8,9);;/q;+1;-1. The maximum absolute atomic E-state index is 10.2. The van der Waals surface area contributed by atoms with E-state index in [1.54, 1.807) is 0 Å². The van der Waals surface area contributed by atoms with Crippen molar-refractivity contribution in [2.75, 3.05) is 0 Å². The van der Waals surface area contributed by atoms with Crippen molar-refractivity contribution in [3.8, 4) is 0 Å². The minimum atomic E-state index is -4.91. The van der Waals surface area contributed by atoms with Crippen LogP contribution in [-0.2, 0) is 13.9 Å². The minimum absolute atomic E-state index is 0. The summed E-state index contributed by atoms with van der Waals surface area (Å²) in [6.07, 6.45) is -1.70. The third-order valence-electron chi connectivity index (χ3n) is 0.419. The number of hydrogen-bond acceptors (Lipinski definition) is 5. The predicted octanol–water partition coefficient (Wildman–Crippen LogP) is -4.46. The van der Waals surface area contributed by atoms with Gasteiger partial charge in [-0.1, -0.05) is 0 Å². The van der Waals surface area contributed by atoms with Crippen molar-refractivity contribution in [2.45, 2.75) is 0 Å². The van der Waals surface area contributed by atoms with Crippen LogP contribution in [0.15, 0.2) is 5.16 Å². The molecule has 0 spiro atoms. The molecule has 0 saturated carbocycles. The molecule has 0 amide bonds. The Labute approximate surface area is 117 Å². The van der Waals surface area contributed by atoms with Gasteiger partial charge in [-0.3, -0.25) is 14.6 Å². The Morgan fingerprint density at radius 2 is 1.92 bits per heavy atom. The third-order valence-corrected chi connectivity index (χ3v) is 0.806. The van der Waals surface area contributed by atoms with Gasteiger partial charge in [-0.25, -0.2) is 9.36 Å². The number of carbonyl (C=O) groups excluding carboxylic acids is 1. The first kappa shape index (κ1) is 15.8. The van der Waals surface area contributed by atoms with Gasteiger partial charge in [-0.05, 0) is 5.16 Å². The normalized spacial score (nSPS) is 9.38. The van der Waals surface area contributed by atoms with Gasteiger partial charge in [0.15, 0.2) is 0 Å². The zero-order chi connectivity index (χ0) is 9.78. The van der Waals surface area contributed by atoms with Gasteiger partial charge in [0.1, 0.15) is 0 Å². The summed E-state index contributed by atoms with van der Waals surface area (Å²) in [6.45, 7) is 0. The van der Waals surface area contributed by atoms with Crippen molar-refractivity contribution in [1.82, 2.24) is 0 Å². The molecule has 6 N–H and O–H groups in total. The van der Waals surface area contributed by atoms with Crippen molar-refractivity contribution >= 4 is 19.9 Å². The number of oxime groups is 1. The van der Waals surface area contributed by atoms with Gasteiger partial charge in [0.2, 0.25) is 5.96 Å². The van der Waals surface area contributed by atoms with Crippen LogP contribution in [0.5, 0.6) is 0 Å². The van der Waals surface area contributed by atoms with Gasteiger partial charge in [0.05, 0.1) is 0 Å². The van der Waals surface area contributed by atoms with E-state index in [-0.39, 0.29) is 52.8 Å². The van der Waals surface area contributed by atoms with Gasteiger partial charge in [-0.15, -0.1) is 0 Å². The molecule has 0 bridgehead atoms. The summed E-state index contributed by atoms with van der Waals surface area (Å²) in [6, 6.07) is 0. The van der Waals surface area contributed by atoms with Crippen LogP contribution in [0.4, 0.5) is 4.79 Å². The number of nitrogens with zero attached hydrogens (tertiary/aromatic N) is 1. The molecule has 72 valence electrons. The maximum Gasteiger partial charge on any atom is 1.00 e.